The van der Waals surface area contributed by atoms with E-state index in [1.54, 1.807) is 36.4 Å². The van der Waals surface area contributed by atoms with E-state index in [1.807, 2.05) is 12.1 Å². The Hall–Kier alpha value is -3.92. The number of hydrogen-bond donors (Lipinski definition) is 2. The summed E-state index contributed by atoms with van der Waals surface area (Å²) in [7, 11) is -19.6. The fourth-order valence-corrected chi connectivity index (χ4v) is 9.39. The van der Waals surface area contributed by atoms with E-state index in [0.29, 0.717) is 67.0 Å². The van der Waals surface area contributed by atoms with Crippen molar-refractivity contribution in [2.75, 3.05) is 0 Å². The summed E-state index contributed by atoms with van der Waals surface area (Å²) in [6, 6.07) is 28.9. The van der Waals surface area contributed by atoms with Gasteiger partial charge in [0.15, 0.2) is 0 Å². The van der Waals surface area contributed by atoms with Crippen LogP contribution in [0, 0.1) is 0 Å². The molecule has 24 heteroatoms. The van der Waals surface area contributed by atoms with E-state index in [-0.39, 0.29) is 112 Å². The molecule has 4 aromatic carbocycles. The Kier molecular flexibility index (Phi) is 16.8. The molecule has 362 valence electrons. The largest absolute Gasteiger partial charge is 1.00 e. The summed E-state index contributed by atoms with van der Waals surface area (Å²) in [5.74, 6) is 0. The second-order valence-corrected chi connectivity index (χ2v) is 20.0. The molecule has 2 aliphatic heterocycles. The van der Waals surface area contributed by atoms with Crippen LogP contribution in [0.1, 0.15) is 28.3 Å². The van der Waals surface area contributed by atoms with Crippen molar-refractivity contribution in [1.82, 2.24) is 19.9 Å². The molecule has 0 unspecified atom stereocenters. The Morgan fingerprint density at radius 2 is 0.750 bits per heavy atom. The molecule has 2 N–H and O–H groups in total. The molecule has 0 atom stereocenters. The molecular formula is C44H26Au4N4O12S4. The molecule has 0 fully saturated rings. The molecule has 68 heavy (non-hydrogen) atoms. The molecule has 0 spiro atoms. The van der Waals surface area contributed by atoms with Gasteiger partial charge in [-0.2, -0.15) is 0 Å². The first-order chi connectivity index (χ1) is 30.2. The summed E-state index contributed by atoms with van der Waals surface area (Å²) < 4.78 is 145. The topological polar surface area (TPSA) is 286 Å². The van der Waals surface area contributed by atoms with Gasteiger partial charge in [0.05, 0.1) is 47.9 Å². The zero-order valence-electron chi connectivity index (χ0n) is 33.5. The van der Waals surface area contributed by atoms with Crippen molar-refractivity contribution < 1.29 is 141 Å². The van der Waals surface area contributed by atoms with E-state index in [4.69, 9.17) is 9.97 Å². The third kappa shape index (κ3) is 11.5. The van der Waals surface area contributed by atoms with Gasteiger partial charge in [-0.1, -0.05) is 48.5 Å². The standard InChI is InChI=1S/C44H30N4O12S4.4Au/c49-61(50,51)34-13-1-25(2-14-34)38-23-33-22-31-10-9-29(45-31)21-30-11-12-32(46-30)24-39-40(26-3-15-35(16-4-26)62(52,53)54)41(27-5-17-36(18-6-27)63(55,56)57)44(48-39)42(43(38)47-33)28-7-19-37(20-8-28)64(58,59)60;;;;/h1-24,45,48H,(H,49,50,51)(H,52,53,54)(H,55,56,57)(H,58,59,60);;;;/q;4*+1/p-4. The molecule has 0 saturated heterocycles. The molecule has 2 aliphatic rings. The number of hydrogen-bond acceptors (Lipinski definition) is 14. The average Bonchev–Trinajstić information content (AvgIpc) is 4.05. The van der Waals surface area contributed by atoms with Crippen LogP contribution in [0.4, 0.5) is 0 Å². The smallest absolute Gasteiger partial charge is 0.744 e. The third-order valence-electron chi connectivity index (χ3n) is 10.4. The Balaban J connectivity index is 0.00000216. The zero-order chi connectivity index (χ0) is 45.3. The van der Waals surface area contributed by atoms with Crippen molar-refractivity contribution in [3.8, 4) is 33.4 Å². The number of rotatable bonds is 8. The predicted molar refractivity (Wildman–Crippen MR) is 232 cm³/mol. The van der Waals surface area contributed by atoms with E-state index in [1.165, 1.54) is 48.5 Å². The predicted octanol–water partition coefficient (Wildman–Crippen LogP) is 6.68. The van der Waals surface area contributed by atoms with Crippen molar-refractivity contribution in [1.29, 1.82) is 0 Å². The molecule has 0 saturated carbocycles. The number of aromatic nitrogens is 4. The van der Waals surface area contributed by atoms with Crippen LogP contribution in [0.2, 0.25) is 0 Å². The molecule has 9 rings (SSSR count). The van der Waals surface area contributed by atoms with Crippen LogP contribution >= 0.6 is 0 Å². The molecule has 5 heterocycles. The van der Waals surface area contributed by atoms with Crippen LogP contribution in [-0.2, 0) is 130 Å². The summed E-state index contributed by atoms with van der Waals surface area (Å²) in [5, 5.41) is 0. The summed E-state index contributed by atoms with van der Waals surface area (Å²) in [6.45, 7) is 0. The third-order valence-corrected chi connectivity index (χ3v) is 13.8. The zero-order valence-corrected chi connectivity index (χ0v) is 45.4. The van der Waals surface area contributed by atoms with Gasteiger partial charge in [0.25, 0.3) is 0 Å². The van der Waals surface area contributed by atoms with Gasteiger partial charge in [0, 0.05) is 38.8 Å². The summed E-state index contributed by atoms with van der Waals surface area (Å²) in [6.07, 6.45) is 5.22. The van der Waals surface area contributed by atoms with Gasteiger partial charge in [-0.3, -0.25) is 0 Å². The maximum absolute atomic E-state index is 12.2. The molecule has 0 radical (unpaired) electrons. The normalized spacial score (nSPS) is 12.4. The van der Waals surface area contributed by atoms with Gasteiger partial charge in [0.2, 0.25) is 0 Å². The first-order valence-electron chi connectivity index (χ1n) is 18.6. The van der Waals surface area contributed by atoms with E-state index in [2.05, 4.69) is 9.97 Å². The summed E-state index contributed by atoms with van der Waals surface area (Å²) in [4.78, 5) is 14.5. The first kappa shape index (κ1) is 55.0. The first-order valence-corrected chi connectivity index (χ1v) is 24.3. The van der Waals surface area contributed by atoms with Gasteiger partial charge in [0.1, 0.15) is 40.5 Å². The fourth-order valence-electron chi connectivity index (χ4n) is 7.51. The maximum atomic E-state index is 12.2. The average molecular weight is 1720 g/mol. The van der Waals surface area contributed by atoms with Gasteiger partial charge in [-0.15, -0.1) is 0 Å². The van der Waals surface area contributed by atoms with Gasteiger partial charge >= 0.3 is 89.5 Å². The van der Waals surface area contributed by atoms with E-state index < -0.39 is 60.1 Å². The van der Waals surface area contributed by atoms with Crippen LogP contribution < -0.4 is 0 Å². The van der Waals surface area contributed by atoms with Crippen molar-refractivity contribution in [2.24, 2.45) is 0 Å². The Morgan fingerprint density at radius 3 is 1.18 bits per heavy atom. The number of nitrogens with one attached hydrogen (secondary N) is 2. The Labute approximate surface area is 451 Å². The van der Waals surface area contributed by atoms with E-state index in [9.17, 15) is 51.9 Å². The number of fused-ring (bicyclic) bond motifs is 8. The quantitative estimate of drug-likeness (QED) is 0.119. The van der Waals surface area contributed by atoms with E-state index in [0.717, 1.165) is 48.5 Å². The Bertz CT molecular complexity index is 3810. The fraction of sp³-hybridized carbons (Fsp3) is 0. The monoisotopic (exact) mass is 1720 g/mol. The minimum atomic E-state index is -4.93. The molecule has 16 nitrogen and oxygen atoms in total. The molecule has 7 aromatic rings. The van der Waals surface area contributed by atoms with Gasteiger partial charge in [-0.25, -0.2) is 43.6 Å². The minimum absolute atomic E-state index is 0. The van der Waals surface area contributed by atoms with Crippen LogP contribution in [0.15, 0.2) is 147 Å². The summed E-state index contributed by atoms with van der Waals surface area (Å²) >= 11 is 0. The number of aromatic amines is 2. The molecule has 8 bridgehead atoms. The molecule has 3 aromatic heterocycles. The second-order valence-electron chi connectivity index (χ2n) is 14.5. The van der Waals surface area contributed by atoms with Crippen LogP contribution in [0.3, 0.4) is 0 Å². The van der Waals surface area contributed by atoms with Crippen molar-refractivity contribution in [3.05, 3.63) is 156 Å². The van der Waals surface area contributed by atoms with Gasteiger partial charge < -0.3 is 28.2 Å². The van der Waals surface area contributed by atoms with Crippen LogP contribution in [0.25, 0.3) is 79.2 Å². The minimum Gasteiger partial charge on any atom is -0.744 e. The Morgan fingerprint density at radius 1 is 0.382 bits per heavy atom. The number of benzene rings is 4. The SMILES string of the molecule is O=S(=O)([O-])c1ccc(C2=Cc3cc4ccc(cc5nc(cc6[nH]c(c(-c7ccc(S(=O)(=O)[O-])cc7)c2n3)c(-c2ccc(S(=O)(=O)[O-])cc2)c6-c2ccc(S(=O)(=O)[O-])cc2)C=C5)[nH]4)cc1.[Au+].[Au+].[Au+].[Au+]. The second kappa shape index (κ2) is 20.8. The van der Waals surface area contributed by atoms with Gasteiger partial charge in [-0.05, 0) is 119 Å². The molecule has 0 amide bonds. The number of nitrogens with zero attached hydrogens (tertiary/aromatic N) is 2. The molecule has 0 aliphatic carbocycles. The van der Waals surface area contributed by atoms with Crippen molar-refractivity contribution >= 4 is 86.3 Å². The van der Waals surface area contributed by atoms with Crippen molar-refractivity contribution in [2.45, 2.75) is 19.6 Å². The maximum Gasteiger partial charge on any atom is 1.00 e. The van der Waals surface area contributed by atoms with Crippen LogP contribution in [0.5, 0.6) is 0 Å². The van der Waals surface area contributed by atoms with E-state index >= 15 is 0 Å². The summed E-state index contributed by atoms with van der Waals surface area (Å²) in [5.41, 5.74) is 6.05. The van der Waals surface area contributed by atoms with Crippen molar-refractivity contribution in [3.63, 3.8) is 0 Å². The number of H-pyrrole nitrogens is 2. The van der Waals surface area contributed by atoms with Crippen LogP contribution in [-0.4, -0.2) is 71.8 Å². The molecular weight excluding hydrogens is 1690 g/mol.